The van der Waals surface area contributed by atoms with Crippen LogP contribution in [0.2, 0.25) is 0 Å². The summed E-state index contributed by atoms with van der Waals surface area (Å²) in [6.45, 7) is 4.34. The molecule has 0 aromatic heterocycles. The first-order valence-corrected chi connectivity index (χ1v) is 9.00. The van der Waals surface area contributed by atoms with Crippen LogP contribution in [0.4, 0.5) is 0 Å². The highest BCUT2D eigenvalue weighted by molar-refractivity contribution is 5.86. The molecule has 3 unspecified atom stereocenters. The van der Waals surface area contributed by atoms with E-state index >= 15 is 0 Å². The minimum absolute atomic E-state index is 0.283. The lowest BCUT2D eigenvalue weighted by Crippen LogP contribution is -2.58. The highest BCUT2D eigenvalue weighted by atomic mass is 16.5. The first-order chi connectivity index (χ1) is 11.5. The lowest BCUT2D eigenvalue weighted by Gasteiger charge is -2.47. The van der Waals surface area contributed by atoms with Crippen molar-refractivity contribution in [3.05, 3.63) is 34.9 Å². The Kier molecular flexibility index (Phi) is 4.40. The van der Waals surface area contributed by atoms with Crippen LogP contribution in [0.15, 0.2) is 18.2 Å². The molecule has 0 heterocycles. The molecule has 0 amide bonds. The molecule has 3 atom stereocenters. The van der Waals surface area contributed by atoms with Crippen molar-refractivity contribution in [2.24, 2.45) is 17.1 Å². The Hall–Kier alpha value is -1.86. The SMILES string of the molecule is CCOC(=O)C1(N)c2cc(C#N)ccc2CC12CCCC(CC)C2. The second-order valence-corrected chi connectivity index (χ2v) is 7.34. The minimum atomic E-state index is -1.14. The van der Waals surface area contributed by atoms with E-state index < -0.39 is 5.54 Å². The number of fused-ring (bicyclic) bond motifs is 1. The topological polar surface area (TPSA) is 76.1 Å². The van der Waals surface area contributed by atoms with Crippen LogP contribution in [0.1, 0.15) is 62.6 Å². The van der Waals surface area contributed by atoms with Crippen molar-refractivity contribution in [3.63, 3.8) is 0 Å². The molecule has 4 nitrogen and oxygen atoms in total. The second-order valence-electron chi connectivity index (χ2n) is 7.34. The number of ether oxygens (including phenoxy) is 1. The van der Waals surface area contributed by atoms with Crippen molar-refractivity contribution in [2.75, 3.05) is 6.61 Å². The monoisotopic (exact) mass is 326 g/mol. The average molecular weight is 326 g/mol. The van der Waals surface area contributed by atoms with E-state index in [2.05, 4.69) is 13.0 Å². The quantitative estimate of drug-likeness (QED) is 0.864. The molecule has 24 heavy (non-hydrogen) atoms. The van der Waals surface area contributed by atoms with Gasteiger partial charge in [0.25, 0.3) is 0 Å². The first kappa shape index (κ1) is 17.0. The predicted molar refractivity (Wildman–Crippen MR) is 92.0 cm³/mol. The van der Waals surface area contributed by atoms with Crippen LogP contribution in [0.25, 0.3) is 0 Å². The summed E-state index contributed by atoms with van der Waals surface area (Å²) in [4.78, 5) is 13.0. The van der Waals surface area contributed by atoms with E-state index in [0.717, 1.165) is 43.2 Å². The van der Waals surface area contributed by atoms with E-state index in [4.69, 9.17) is 10.5 Å². The number of carbonyl (C=O) groups excluding carboxylic acids is 1. The molecule has 0 aliphatic heterocycles. The standard InChI is InChI=1S/C20H26N2O2/c1-3-14-6-5-9-19(11-14)12-16-8-7-15(13-21)10-17(16)20(19,22)18(23)24-4-2/h7-8,10,14H,3-6,9,11-12,22H2,1-2H3. The summed E-state index contributed by atoms with van der Waals surface area (Å²) in [6, 6.07) is 7.77. The molecular weight excluding hydrogens is 300 g/mol. The average Bonchev–Trinajstić information content (AvgIpc) is 2.84. The number of carbonyl (C=O) groups is 1. The molecule has 1 fully saturated rings. The van der Waals surface area contributed by atoms with Crippen molar-refractivity contribution in [1.29, 1.82) is 5.26 Å². The van der Waals surface area contributed by atoms with Gasteiger partial charge in [0.05, 0.1) is 18.2 Å². The summed E-state index contributed by atoms with van der Waals surface area (Å²) in [5.41, 5.74) is 7.89. The Morgan fingerprint density at radius 3 is 2.92 bits per heavy atom. The molecule has 3 rings (SSSR count). The van der Waals surface area contributed by atoms with E-state index in [9.17, 15) is 10.1 Å². The Morgan fingerprint density at radius 2 is 2.25 bits per heavy atom. The van der Waals surface area contributed by atoms with E-state index in [1.807, 2.05) is 19.1 Å². The van der Waals surface area contributed by atoms with Gasteiger partial charge in [-0.05, 0) is 55.4 Å². The van der Waals surface area contributed by atoms with Gasteiger partial charge in [-0.3, -0.25) is 0 Å². The lowest BCUT2D eigenvalue weighted by molar-refractivity contribution is -0.157. The Balaban J connectivity index is 2.13. The van der Waals surface area contributed by atoms with Crippen LogP contribution >= 0.6 is 0 Å². The van der Waals surface area contributed by atoms with Crippen molar-refractivity contribution >= 4 is 5.97 Å². The van der Waals surface area contributed by atoms with Gasteiger partial charge in [0, 0.05) is 5.41 Å². The molecule has 1 aromatic carbocycles. The van der Waals surface area contributed by atoms with Crippen LogP contribution in [0, 0.1) is 22.7 Å². The summed E-state index contributed by atoms with van der Waals surface area (Å²) in [5.74, 6) is 0.261. The van der Waals surface area contributed by atoms with Crippen molar-refractivity contribution in [3.8, 4) is 6.07 Å². The molecule has 0 bridgehead atoms. The first-order valence-electron chi connectivity index (χ1n) is 9.00. The molecule has 2 N–H and O–H groups in total. The fraction of sp³-hybridized carbons (Fsp3) is 0.600. The van der Waals surface area contributed by atoms with Gasteiger partial charge in [0.1, 0.15) is 5.54 Å². The van der Waals surface area contributed by atoms with Crippen LogP contribution in [-0.2, 0) is 21.5 Å². The summed E-state index contributed by atoms with van der Waals surface area (Å²) in [5, 5.41) is 9.26. The summed E-state index contributed by atoms with van der Waals surface area (Å²) in [7, 11) is 0. The maximum absolute atomic E-state index is 13.0. The molecule has 128 valence electrons. The summed E-state index contributed by atoms with van der Waals surface area (Å²) in [6.07, 6.45) is 6.11. The number of nitriles is 1. The maximum atomic E-state index is 13.0. The minimum Gasteiger partial charge on any atom is -0.464 e. The van der Waals surface area contributed by atoms with Gasteiger partial charge in [-0.25, -0.2) is 4.79 Å². The van der Waals surface area contributed by atoms with Gasteiger partial charge >= 0.3 is 5.97 Å². The number of hydrogen-bond acceptors (Lipinski definition) is 4. The molecule has 0 radical (unpaired) electrons. The molecule has 1 spiro atoms. The molecular formula is C20H26N2O2. The van der Waals surface area contributed by atoms with E-state index in [1.54, 1.807) is 6.07 Å². The van der Waals surface area contributed by atoms with Crippen LogP contribution in [0.3, 0.4) is 0 Å². The van der Waals surface area contributed by atoms with Gasteiger partial charge in [-0.1, -0.05) is 32.3 Å². The van der Waals surface area contributed by atoms with Crippen LogP contribution < -0.4 is 5.73 Å². The van der Waals surface area contributed by atoms with Crippen LogP contribution in [0.5, 0.6) is 0 Å². The number of nitrogens with two attached hydrogens (primary N) is 1. The Bertz CT molecular complexity index is 693. The third-order valence-electron chi connectivity index (χ3n) is 6.15. The number of rotatable bonds is 3. The van der Waals surface area contributed by atoms with Gasteiger partial charge in [0.15, 0.2) is 0 Å². The highest BCUT2D eigenvalue weighted by Crippen LogP contribution is 2.58. The fourth-order valence-electron chi connectivity index (χ4n) is 4.88. The molecule has 1 saturated carbocycles. The molecule has 2 aliphatic carbocycles. The largest absolute Gasteiger partial charge is 0.464 e. The van der Waals surface area contributed by atoms with E-state index in [1.165, 1.54) is 6.42 Å². The molecule has 0 saturated heterocycles. The smallest absolute Gasteiger partial charge is 0.331 e. The van der Waals surface area contributed by atoms with Gasteiger partial charge in [-0.2, -0.15) is 5.26 Å². The molecule has 2 aliphatic rings. The maximum Gasteiger partial charge on any atom is 0.331 e. The Morgan fingerprint density at radius 1 is 1.46 bits per heavy atom. The van der Waals surface area contributed by atoms with Gasteiger partial charge in [-0.15, -0.1) is 0 Å². The number of nitrogens with zero attached hydrogens (tertiary/aromatic N) is 1. The van der Waals surface area contributed by atoms with Crippen LogP contribution in [-0.4, -0.2) is 12.6 Å². The van der Waals surface area contributed by atoms with Crippen molar-refractivity contribution in [2.45, 2.75) is 57.9 Å². The van der Waals surface area contributed by atoms with Crippen molar-refractivity contribution < 1.29 is 9.53 Å². The second kappa shape index (κ2) is 6.22. The van der Waals surface area contributed by atoms with Gasteiger partial charge in [0.2, 0.25) is 0 Å². The molecule has 4 heteroatoms. The third-order valence-corrected chi connectivity index (χ3v) is 6.15. The number of esters is 1. The Labute approximate surface area is 144 Å². The zero-order chi connectivity index (χ0) is 17.4. The van der Waals surface area contributed by atoms with Gasteiger partial charge < -0.3 is 10.5 Å². The number of benzene rings is 1. The zero-order valence-electron chi connectivity index (χ0n) is 14.6. The predicted octanol–water partition coefficient (Wildman–Crippen LogP) is 3.42. The molecule has 1 aromatic rings. The van der Waals surface area contributed by atoms with E-state index in [0.29, 0.717) is 18.1 Å². The number of hydrogen-bond donors (Lipinski definition) is 1. The third kappa shape index (κ3) is 2.34. The highest BCUT2D eigenvalue weighted by Gasteiger charge is 2.61. The lowest BCUT2D eigenvalue weighted by atomic mass is 9.59. The normalized spacial score (nSPS) is 31.5. The van der Waals surface area contributed by atoms with Crippen molar-refractivity contribution in [1.82, 2.24) is 0 Å². The zero-order valence-corrected chi connectivity index (χ0v) is 14.6. The fourth-order valence-corrected chi connectivity index (χ4v) is 4.88. The summed E-state index contributed by atoms with van der Waals surface area (Å²) < 4.78 is 5.41. The van der Waals surface area contributed by atoms with E-state index in [-0.39, 0.29) is 11.4 Å². The summed E-state index contributed by atoms with van der Waals surface area (Å²) >= 11 is 0.